The number of fused-ring (bicyclic) bond motifs is 4. The van der Waals surface area contributed by atoms with Crippen LogP contribution < -0.4 is 0 Å². The second-order valence-corrected chi connectivity index (χ2v) is 15.9. The zero-order chi connectivity index (χ0) is 39.6. The summed E-state index contributed by atoms with van der Waals surface area (Å²) in [5.74, 6) is 2.56. The number of thiazole rings is 2. The number of rotatable bonds is 7. The number of hydrogen-bond acceptors (Lipinski definition) is 13. The Hall–Kier alpha value is -7.87. The fraction of sp³-hybridized carbons (Fsp3) is 0. The first-order valence-electron chi connectivity index (χ1n) is 18.9. The highest BCUT2D eigenvalue weighted by atomic mass is 32.1. The highest BCUT2D eigenvalue weighted by molar-refractivity contribution is 7.22. The molecule has 13 heteroatoms. The molecule has 0 aliphatic rings. The summed E-state index contributed by atoms with van der Waals surface area (Å²) < 4.78 is 14.2. The van der Waals surface area contributed by atoms with E-state index in [1.807, 2.05) is 140 Å². The minimum Gasteiger partial charge on any atom is -0.436 e. The number of nitrogens with zero attached hydrogens (tertiary/aromatic N) is 9. The minimum atomic E-state index is 0.298. The first-order chi connectivity index (χ1) is 29.6. The molecule has 0 unspecified atom stereocenters. The molecule has 0 fully saturated rings. The summed E-state index contributed by atoms with van der Waals surface area (Å²) in [7, 11) is 0. The number of para-hydroxylation sites is 6. The van der Waals surface area contributed by atoms with Crippen molar-refractivity contribution >= 4 is 65.3 Å². The first kappa shape index (κ1) is 34.2. The Morgan fingerprint density at radius 1 is 0.317 bits per heavy atom. The number of hydrogen-bond donors (Lipinski definition) is 0. The van der Waals surface area contributed by atoms with Gasteiger partial charge < -0.3 is 8.83 Å². The molecule has 6 heterocycles. The van der Waals surface area contributed by atoms with E-state index in [1.165, 1.54) is 0 Å². The molecule has 282 valence electrons. The average Bonchev–Trinajstić information content (AvgIpc) is 4.13. The van der Waals surface area contributed by atoms with Crippen molar-refractivity contribution < 1.29 is 8.83 Å². The Balaban J connectivity index is 1.01. The Bertz CT molecular complexity index is 3210. The van der Waals surface area contributed by atoms with Gasteiger partial charge in [-0.15, -0.1) is 22.7 Å². The lowest BCUT2D eigenvalue weighted by atomic mass is 10.1. The lowest BCUT2D eigenvalue weighted by Crippen LogP contribution is -2.04. The van der Waals surface area contributed by atoms with Gasteiger partial charge in [0.05, 0.1) is 20.4 Å². The number of oxazole rings is 2. The smallest absolute Gasteiger partial charge is 0.227 e. The van der Waals surface area contributed by atoms with E-state index < -0.39 is 0 Å². The maximum Gasteiger partial charge on any atom is 0.227 e. The van der Waals surface area contributed by atoms with Crippen LogP contribution in [0.3, 0.4) is 0 Å². The molecule has 0 aliphatic carbocycles. The fourth-order valence-corrected chi connectivity index (χ4v) is 8.83. The highest BCUT2D eigenvalue weighted by Gasteiger charge is 2.21. The molecule has 0 saturated heterocycles. The van der Waals surface area contributed by atoms with Crippen LogP contribution in [-0.4, -0.2) is 44.9 Å². The molecule has 0 radical (unpaired) electrons. The Morgan fingerprint density at radius 2 is 0.700 bits per heavy atom. The van der Waals surface area contributed by atoms with Crippen molar-refractivity contribution in [3.05, 3.63) is 152 Å². The molecule has 12 rings (SSSR count). The lowest BCUT2D eigenvalue weighted by molar-refractivity contribution is 0.619. The SMILES string of the molecule is c1ccc2oc(-c3ccc(-c4nc(-c5ccc(-c6nc7ccccc7o6)cc5)nc(-c5nc(-c6nc7ccccc7s6)cc(-c6nc7ccccc7s6)n5)n4)cc3)nc2c1. The van der Waals surface area contributed by atoms with Crippen LogP contribution in [0.25, 0.3) is 121 Å². The lowest BCUT2D eigenvalue weighted by Gasteiger charge is -2.10. The third kappa shape index (κ3) is 6.16. The van der Waals surface area contributed by atoms with Crippen molar-refractivity contribution in [2.24, 2.45) is 0 Å². The molecule has 0 N–H and O–H groups in total. The summed E-state index contributed by atoms with van der Waals surface area (Å²) in [4.78, 5) is 44.5. The van der Waals surface area contributed by atoms with Crippen LogP contribution in [0.15, 0.2) is 160 Å². The highest BCUT2D eigenvalue weighted by Crippen LogP contribution is 2.36. The molecule has 0 atom stereocenters. The molecule has 6 aromatic carbocycles. The van der Waals surface area contributed by atoms with Crippen molar-refractivity contribution in [1.82, 2.24) is 44.9 Å². The average molecular weight is 812 g/mol. The van der Waals surface area contributed by atoms with E-state index in [4.69, 9.17) is 43.7 Å². The molecular formula is C47H25N9O2S2. The summed E-state index contributed by atoms with van der Waals surface area (Å²) in [5, 5.41) is 1.50. The molecule has 12 aromatic rings. The minimum absolute atomic E-state index is 0.298. The molecule has 6 aromatic heterocycles. The van der Waals surface area contributed by atoms with Gasteiger partial charge in [-0.1, -0.05) is 72.8 Å². The second-order valence-electron chi connectivity index (χ2n) is 13.9. The van der Waals surface area contributed by atoms with Crippen LogP contribution in [0.2, 0.25) is 0 Å². The van der Waals surface area contributed by atoms with E-state index in [-0.39, 0.29) is 0 Å². The van der Waals surface area contributed by atoms with Crippen LogP contribution in [-0.2, 0) is 0 Å². The third-order valence-electron chi connectivity index (χ3n) is 9.96. The van der Waals surface area contributed by atoms with Crippen molar-refractivity contribution in [3.63, 3.8) is 0 Å². The summed E-state index contributed by atoms with van der Waals surface area (Å²) in [6, 6.07) is 49.1. The molecule has 0 spiro atoms. The molecule has 11 nitrogen and oxygen atoms in total. The summed E-state index contributed by atoms with van der Waals surface area (Å²) in [6.07, 6.45) is 0. The van der Waals surface area contributed by atoms with Crippen LogP contribution >= 0.6 is 22.7 Å². The van der Waals surface area contributed by atoms with Gasteiger partial charge >= 0.3 is 0 Å². The predicted molar refractivity (Wildman–Crippen MR) is 235 cm³/mol. The Kier molecular flexibility index (Phi) is 7.92. The van der Waals surface area contributed by atoms with Crippen molar-refractivity contribution in [2.75, 3.05) is 0 Å². The normalized spacial score (nSPS) is 11.7. The first-order valence-corrected chi connectivity index (χ1v) is 20.6. The fourth-order valence-electron chi connectivity index (χ4n) is 6.98. The number of aromatic nitrogens is 9. The standard InChI is InChI=1S/C47H25N9O2S2/c1-5-13-36-30(9-1)50-44(57-36)28-21-17-26(18-22-28)40-54-41(27-19-23-29(24-20-27)45-51-31-10-2-6-14-37(31)58-45)56-43(55-40)42-48-34(46-52-32-11-3-7-15-38(32)59-46)25-35(49-42)47-53-33-12-4-8-16-39(33)60-47/h1-25H. The van der Waals surface area contributed by atoms with Crippen LogP contribution in [0.1, 0.15) is 0 Å². The summed E-state index contributed by atoms with van der Waals surface area (Å²) >= 11 is 3.13. The van der Waals surface area contributed by atoms with E-state index in [2.05, 4.69) is 22.1 Å². The topological polar surface area (TPSA) is 142 Å². The van der Waals surface area contributed by atoms with Crippen molar-refractivity contribution in [3.8, 4) is 78.7 Å². The van der Waals surface area contributed by atoms with Crippen LogP contribution in [0.4, 0.5) is 0 Å². The molecule has 0 amide bonds. The van der Waals surface area contributed by atoms with E-state index in [1.54, 1.807) is 22.7 Å². The molecular weight excluding hydrogens is 787 g/mol. The van der Waals surface area contributed by atoms with Crippen molar-refractivity contribution in [2.45, 2.75) is 0 Å². The van der Waals surface area contributed by atoms with Gasteiger partial charge in [0, 0.05) is 22.3 Å². The van der Waals surface area contributed by atoms with Gasteiger partial charge in [0.25, 0.3) is 0 Å². The third-order valence-corrected chi connectivity index (χ3v) is 12.1. The van der Waals surface area contributed by atoms with Gasteiger partial charge in [0.15, 0.2) is 28.6 Å². The van der Waals surface area contributed by atoms with E-state index in [0.29, 0.717) is 46.5 Å². The van der Waals surface area contributed by atoms with E-state index in [0.717, 1.165) is 74.9 Å². The largest absolute Gasteiger partial charge is 0.436 e. The number of benzene rings is 6. The molecule has 0 saturated carbocycles. The van der Waals surface area contributed by atoms with Gasteiger partial charge in [-0.3, -0.25) is 0 Å². The molecule has 60 heavy (non-hydrogen) atoms. The maximum atomic E-state index is 6.06. The van der Waals surface area contributed by atoms with Gasteiger partial charge in [0.2, 0.25) is 17.6 Å². The summed E-state index contributed by atoms with van der Waals surface area (Å²) in [6.45, 7) is 0. The second kappa shape index (κ2) is 13.9. The zero-order valence-electron chi connectivity index (χ0n) is 31.1. The quantitative estimate of drug-likeness (QED) is 0.152. The monoisotopic (exact) mass is 811 g/mol. The van der Waals surface area contributed by atoms with Gasteiger partial charge in [-0.2, -0.15) is 0 Å². The van der Waals surface area contributed by atoms with Gasteiger partial charge in [-0.25, -0.2) is 44.9 Å². The molecule has 0 aliphatic heterocycles. The van der Waals surface area contributed by atoms with Gasteiger partial charge in [0.1, 0.15) is 32.4 Å². The maximum absolute atomic E-state index is 6.06. The Morgan fingerprint density at radius 3 is 1.15 bits per heavy atom. The summed E-state index contributed by atoms with van der Waals surface area (Å²) in [5.41, 5.74) is 9.29. The zero-order valence-corrected chi connectivity index (χ0v) is 32.7. The predicted octanol–water partition coefficient (Wildman–Crippen LogP) is 11.8. The Labute approximate surface area is 347 Å². The van der Waals surface area contributed by atoms with E-state index >= 15 is 0 Å². The van der Waals surface area contributed by atoms with Crippen molar-refractivity contribution in [1.29, 1.82) is 0 Å². The molecule has 0 bridgehead atoms. The van der Waals surface area contributed by atoms with E-state index in [9.17, 15) is 0 Å². The van der Waals surface area contributed by atoms with Crippen LogP contribution in [0.5, 0.6) is 0 Å². The van der Waals surface area contributed by atoms with Gasteiger partial charge in [-0.05, 0) is 78.9 Å². The van der Waals surface area contributed by atoms with Crippen LogP contribution in [0, 0.1) is 0 Å².